The Labute approximate surface area is 73.6 Å². The zero-order valence-corrected chi connectivity index (χ0v) is 7.80. The third kappa shape index (κ3) is 4.01. The van der Waals surface area contributed by atoms with E-state index in [1.54, 1.807) is 6.92 Å². The Kier molecular flexibility index (Phi) is 6.15. The van der Waals surface area contributed by atoms with Crippen LogP contribution in [0.25, 0.3) is 0 Å². The van der Waals surface area contributed by atoms with Gasteiger partial charge in [0.25, 0.3) is 0 Å². The zero-order valence-electron chi connectivity index (χ0n) is 7.80. The molecule has 12 heavy (non-hydrogen) atoms. The molecule has 0 aromatic rings. The lowest BCUT2D eigenvalue weighted by Gasteiger charge is -2.04. The third-order valence-electron chi connectivity index (χ3n) is 1.54. The van der Waals surface area contributed by atoms with Gasteiger partial charge in [-0.3, -0.25) is 0 Å². The molecule has 0 saturated carbocycles. The summed E-state index contributed by atoms with van der Waals surface area (Å²) in [5.41, 5.74) is 5.86. The number of hydrogen-bond donors (Lipinski definition) is 1. The SMILES string of the molecule is CCCCC(=CN)C(=O)OCC. The molecule has 0 atom stereocenters. The molecular weight excluding hydrogens is 154 g/mol. The van der Waals surface area contributed by atoms with Crippen LogP contribution in [-0.4, -0.2) is 12.6 Å². The first-order valence-electron chi connectivity index (χ1n) is 4.34. The van der Waals surface area contributed by atoms with Crippen molar-refractivity contribution in [3.05, 3.63) is 11.8 Å². The van der Waals surface area contributed by atoms with Crippen LogP contribution in [0, 0.1) is 0 Å². The lowest BCUT2D eigenvalue weighted by Crippen LogP contribution is -2.09. The first kappa shape index (κ1) is 11.0. The van der Waals surface area contributed by atoms with Crippen molar-refractivity contribution in [1.29, 1.82) is 0 Å². The van der Waals surface area contributed by atoms with Crippen molar-refractivity contribution < 1.29 is 9.53 Å². The maximum Gasteiger partial charge on any atom is 0.335 e. The van der Waals surface area contributed by atoms with Crippen LogP contribution in [0.15, 0.2) is 11.8 Å². The minimum absolute atomic E-state index is 0.284. The maximum atomic E-state index is 11.1. The molecule has 0 saturated heterocycles. The van der Waals surface area contributed by atoms with E-state index in [4.69, 9.17) is 10.5 Å². The summed E-state index contributed by atoms with van der Waals surface area (Å²) in [5, 5.41) is 0. The van der Waals surface area contributed by atoms with E-state index in [9.17, 15) is 4.79 Å². The Morgan fingerprint density at radius 3 is 2.58 bits per heavy atom. The van der Waals surface area contributed by atoms with Crippen molar-refractivity contribution in [2.45, 2.75) is 33.1 Å². The summed E-state index contributed by atoms with van der Waals surface area (Å²) in [7, 11) is 0. The van der Waals surface area contributed by atoms with Gasteiger partial charge in [-0.1, -0.05) is 13.3 Å². The topological polar surface area (TPSA) is 52.3 Å². The van der Waals surface area contributed by atoms with Gasteiger partial charge >= 0.3 is 5.97 Å². The summed E-state index contributed by atoms with van der Waals surface area (Å²) >= 11 is 0. The quantitative estimate of drug-likeness (QED) is 0.504. The first-order valence-corrected chi connectivity index (χ1v) is 4.34. The highest BCUT2D eigenvalue weighted by atomic mass is 16.5. The summed E-state index contributed by atoms with van der Waals surface area (Å²) in [4.78, 5) is 11.1. The molecule has 0 amide bonds. The summed E-state index contributed by atoms with van der Waals surface area (Å²) in [6, 6.07) is 0. The summed E-state index contributed by atoms with van der Waals surface area (Å²) in [6.45, 7) is 4.26. The molecule has 0 spiro atoms. The van der Waals surface area contributed by atoms with Gasteiger partial charge in [-0.15, -0.1) is 0 Å². The fraction of sp³-hybridized carbons (Fsp3) is 0.667. The Bertz CT molecular complexity index is 164. The second kappa shape index (κ2) is 6.70. The summed E-state index contributed by atoms with van der Waals surface area (Å²) in [6.07, 6.45) is 4.08. The van der Waals surface area contributed by atoms with Gasteiger partial charge in [0.15, 0.2) is 0 Å². The molecule has 70 valence electrons. The number of carbonyl (C=O) groups excluding carboxylic acids is 1. The van der Waals surface area contributed by atoms with E-state index in [0.717, 1.165) is 12.8 Å². The van der Waals surface area contributed by atoms with Gasteiger partial charge in [0.2, 0.25) is 0 Å². The number of carbonyl (C=O) groups is 1. The van der Waals surface area contributed by atoms with Crippen LogP contribution in [0.5, 0.6) is 0 Å². The van der Waals surface area contributed by atoms with Crippen molar-refractivity contribution in [2.75, 3.05) is 6.61 Å². The number of ether oxygens (including phenoxy) is 1. The molecule has 0 aliphatic rings. The smallest absolute Gasteiger partial charge is 0.335 e. The molecule has 0 aliphatic carbocycles. The second-order valence-electron chi connectivity index (χ2n) is 2.52. The van der Waals surface area contributed by atoms with Crippen LogP contribution in [0.4, 0.5) is 0 Å². The molecule has 0 aromatic heterocycles. The van der Waals surface area contributed by atoms with Crippen LogP contribution in [0.3, 0.4) is 0 Å². The van der Waals surface area contributed by atoms with Gasteiger partial charge in [0, 0.05) is 6.20 Å². The van der Waals surface area contributed by atoms with E-state index in [0.29, 0.717) is 18.6 Å². The average molecular weight is 171 g/mol. The summed E-state index contributed by atoms with van der Waals surface area (Å²) in [5.74, 6) is -0.284. The minimum atomic E-state index is -0.284. The predicted molar refractivity (Wildman–Crippen MR) is 48.4 cm³/mol. The van der Waals surface area contributed by atoms with Crippen LogP contribution in [-0.2, 0) is 9.53 Å². The number of unbranched alkanes of at least 4 members (excludes halogenated alkanes) is 1. The molecular formula is C9H17NO2. The molecule has 3 heteroatoms. The second-order valence-corrected chi connectivity index (χ2v) is 2.52. The first-order chi connectivity index (χ1) is 5.76. The van der Waals surface area contributed by atoms with Crippen molar-refractivity contribution >= 4 is 5.97 Å². The van der Waals surface area contributed by atoms with Gasteiger partial charge in [-0.05, 0) is 19.8 Å². The highest BCUT2D eigenvalue weighted by Gasteiger charge is 2.08. The van der Waals surface area contributed by atoms with Gasteiger partial charge in [-0.2, -0.15) is 0 Å². The zero-order chi connectivity index (χ0) is 9.40. The molecule has 0 aliphatic heterocycles. The van der Waals surface area contributed by atoms with Crippen LogP contribution in [0.1, 0.15) is 33.1 Å². The van der Waals surface area contributed by atoms with Gasteiger partial charge < -0.3 is 10.5 Å². The van der Waals surface area contributed by atoms with Gasteiger partial charge in [-0.25, -0.2) is 4.79 Å². The molecule has 2 N–H and O–H groups in total. The molecule has 0 fully saturated rings. The average Bonchev–Trinajstić information content (AvgIpc) is 2.06. The predicted octanol–water partition coefficient (Wildman–Crippen LogP) is 1.58. The maximum absolute atomic E-state index is 11.1. The van der Waals surface area contributed by atoms with Gasteiger partial charge in [0.05, 0.1) is 12.2 Å². The monoisotopic (exact) mass is 171 g/mol. The highest BCUT2D eigenvalue weighted by molar-refractivity contribution is 5.88. The Balaban J connectivity index is 3.90. The Hall–Kier alpha value is -0.990. The van der Waals surface area contributed by atoms with Crippen LogP contribution < -0.4 is 5.73 Å². The summed E-state index contributed by atoms with van der Waals surface area (Å²) < 4.78 is 4.80. The third-order valence-corrected chi connectivity index (χ3v) is 1.54. The van der Waals surface area contributed by atoms with Crippen molar-refractivity contribution in [3.63, 3.8) is 0 Å². The van der Waals surface area contributed by atoms with E-state index in [1.165, 1.54) is 6.20 Å². The van der Waals surface area contributed by atoms with Gasteiger partial charge in [0.1, 0.15) is 0 Å². The number of hydrogen-bond acceptors (Lipinski definition) is 3. The van der Waals surface area contributed by atoms with E-state index < -0.39 is 0 Å². The molecule has 0 heterocycles. The molecule has 0 bridgehead atoms. The van der Waals surface area contributed by atoms with Crippen LogP contribution in [0.2, 0.25) is 0 Å². The fourth-order valence-electron chi connectivity index (χ4n) is 0.844. The van der Waals surface area contributed by atoms with E-state index >= 15 is 0 Å². The molecule has 0 rings (SSSR count). The molecule has 0 radical (unpaired) electrons. The Morgan fingerprint density at radius 1 is 1.50 bits per heavy atom. The van der Waals surface area contributed by atoms with Crippen molar-refractivity contribution in [1.82, 2.24) is 0 Å². The van der Waals surface area contributed by atoms with Crippen LogP contribution >= 0.6 is 0 Å². The van der Waals surface area contributed by atoms with E-state index in [-0.39, 0.29) is 5.97 Å². The molecule has 3 nitrogen and oxygen atoms in total. The standard InChI is InChI=1S/C9H17NO2/c1-3-5-6-8(7-10)9(11)12-4-2/h7H,3-6,10H2,1-2H3. The van der Waals surface area contributed by atoms with Crippen molar-refractivity contribution in [2.24, 2.45) is 5.73 Å². The Morgan fingerprint density at radius 2 is 2.17 bits per heavy atom. The van der Waals surface area contributed by atoms with E-state index in [2.05, 4.69) is 6.92 Å². The highest BCUT2D eigenvalue weighted by Crippen LogP contribution is 2.07. The lowest BCUT2D eigenvalue weighted by molar-refractivity contribution is -0.138. The lowest BCUT2D eigenvalue weighted by atomic mass is 10.1. The number of esters is 1. The van der Waals surface area contributed by atoms with Crippen molar-refractivity contribution in [3.8, 4) is 0 Å². The normalized spacial score (nSPS) is 11.3. The molecule has 0 aromatic carbocycles. The number of rotatable bonds is 5. The minimum Gasteiger partial charge on any atom is -0.463 e. The number of nitrogens with two attached hydrogens (primary N) is 1. The molecule has 0 unspecified atom stereocenters. The fourth-order valence-corrected chi connectivity index (χ4v) is 0.844. The van der Waals surface area contributed by atoms with E-state index in [1.807, 2.05) is 0 Å². The largest absolute Gasteiger partial charge is 0.463 e.